The van der Waals surface area contributed by atoms with E-state index < -0.39 is 11.7 Å². The predicted octanol–water partition coefficient (Wildman–Crippen LogP) is 3.33. The smallest absolute Gasteiger partial charge is 0.419 e. The van der Waals surface area contributed by atoms with E-state index in [2.05, 4.69) is 14.9 Å². The van der Waals surface area contributed by atoms with Gasteiger partial charge in [-0.25, -0.2) is 19.2 Å². The number of aromatic nitrogens is 2. The SMILES string of the molecule is O=C(OC1CC2(C1)CN(Cc1ccc(F)cc1)C2)N1C2COCC1CN(c1ncc(C(F)(F)F)cn1)C2. The zero-order valence-electron chi connectivity index (χ0n) is 20.0. The largest absolute Gasteiger partial charge is 0.446 e. The summed E-state index contributed by atoms with van der Waals surface area (Å²) in [6.07, 6.45) is -1.78. The second kappa shape index (κ2) is 9.09. The van der Waals surface area contributed by atoms with Gasteiger partial charge in [-0.15, -0.1) is 0 Å². The second-order valence-electron chi connectivity index (χ2n) is 10.6. The number of morpholine rings is 1. The van der Waals surface area contributed by atoms with E-state index in [1.807, 2.05) is 0 Å². The molecule has 2 aromatic rings. The Labute approximate surface area is 211 Å². The van der Waals surface area contributed by atoms with Crippen molar-refractivity contribution >= 4 is 12.0 Å². The molecule has 1 aromatic heterocycles. The lowest BCUT2D eigenvalue weighted by Crippen LogP contribution is -2.68. The molecule has 2 atom stereocenters. The minimum absolute atomic E-state index is 0.126. The summed E-state index contributed by atoms with van der Waals surface area (Å²) in [6, 6.07) is 5.96. The van der Waals surface area contributed by atoms with Crippen molar-refractivity contribution in [3.8, 4) is 0 Å². The number of carbonyl (C=O) groups is 1. The maximum absolute atomic E-state index is 13.1. The van der Waals surface area contributed by atoms with Gasteiger partial charge in [0.25, 0.3) is 0 Å². The molecule has 12 heteroatoms. The Kier molecular flexibility index (Phi) is 5.98. The zero-order valence-corrected chi connectivity index (χ0v) is 20.0. The molecule has 1 spiro atoms. The van der Waals surface area contributed by atoms with Crippen LogP contribution in [0.3, 0.4) is 0 Å². The normalized spacial score (nSPS) is 25.5. The summed E-state index contributed by atoms with van der Waals surface area (Å²) in [5, 5.41) is 0. The molecule has 1 aliphatic carbocycles. The molecule has 0 radical (unpaired) electrons. The number of ether oxygens (including phenoxy) is 2. The van der Waals surface area contributed by atoms with Crippen molar-refractivity contribution in [2.75, 3.05) is 44.3 Å². The van der Waals surface area contributed by atoms with Crippen molar-refractivity contribution in [1.29, 1.82) is 0 Å². The molecular formula is C25H27F4N5O3. The fourth-order valence-electron chi connectivity index (χ4n) is 6.07. The number of hydrogen-bond donors (Lipinski definition) is 0. The lowest BCUT2D eigenvalue weighted by molar-refractivity contribution is -0.143. The molecule has 198 valence electrons. The number of benzene rings is 1. The van der Waals surface area contributed by atoms with Crippen LogP contribution in [0.5, 0.6) is 0 Å². The van der Waals surface area contributed by atoms with Gasteiger partial charge in [-0.05, 0) is 30.5 Å². The first-order valence-corrected chi connectivity index (χ1v) is 12.4. The standard InChI is InChI=1S/C25H27F4N5O3/c26-18-3-1-16(2-4-18)9-32-14-24(15-32)5-21(6-24)37-23(35)34-19-10-33(11-20(34)13-36-12-19)22-30-7-17(8-31-22)25(27,28)29/h1-4,7-8,19-21H,5-6,9-15H2. The molecule has 4 fully saturated rings. The van der Waals surface area contributed by atoms with Gasteiger partial charge in [-0.3, -0.25) is 9.80 Å². The maximum atomic E-state index is 13.1. The Morgan fingerprint density at radius 3 is 2.27 bits per heavy atom. The molecule has 4 heterocycles. The summed E-state index contributed by atoms with van der Waals surface area (Å²) >= 11 is 0. The van der Waals surface area contributed by atoms with Gasteiger partial charge in [0.2, 0.25) is 5.95 Å². The molecule has 37 heavy (non-hydrogen) atoms. The van der Waals surface area contributed by atoms with Gasteiger partial charge in [-0.2, -0.15) is 13.2 Å². The van der Waals surface area contributed by atoms with Crippen LogP contribution in [0, 0.1) is 11.2 Å². The number of alkyl halides is 3. The molecule has 2 bridgehead atoms. The number of hydrogen-bond acceptors (Lipinski definition) is 7. The van der Waals surface area contributed by atoms with E-state index in [0.29, 0.717) is 26.3 Å². The molecule has 8 nitrogen and oxygen atoms in total. The first-order valence-electron chi connectivity index (χ1n) is 12.4. The summed E-state index contributed by atoms with van der Waals surface area (Å²) in [7, 11) is 0. The first-order chi connectivity index (χ1) is 17.7. The molecule has 3 saturated heterocycles. The average Bonchev–Trinajstić information content (AvgIpc) is 2.81. The molecular weight excluding hydrogens is 494 g/mol. The summed E-state index contributed by atoms with van der Waals surface area (Å²) in [5.74, 6) is -0.0356. The minimum Gasteiger partial charge on any atom is -0.446 e. The predicted molar refractivity (Wildman–Crippen MR) is 123 cm³/mol. The van der Waals surface area contributed by atoms with Gasteiger partial charge in [0.1, 0.15) is 11.9 Å². The third-order valence-corrected chi connectivity index (χ3v) is 7.76. The highest BCUT2D eigenvalue weighted by Gasteiger charge is 2.54. The van der Waals surface area contributed by atoms with Crippen LogP contribution in [-0.4, -0.2) is 83.4 Å². The number of rotatable bonds is 4. The van der Waals surface area contributed by atoms with Crippen molar-refractivity contribution in [2.45, 2.75) is 43.8 Å². The summed E-state index contributed by atoms with van der Waals surface area (Å²) in [5.41, 5.74) is 0.362. The van der Waals surface area contributed by atoms with Gasteiger partial charge in [0, 0.05) is 50.5 Å². The molecule has 0 N–H and O–H groups in total. The highest BCUT2D eigenvalue weighted by atomic mass is 19.4. The van der Waals surface area contributed by atoms with Crippen LogP contribution in [-0.2, 0) is 22.2 Å². The quantitative estimate of drug-likeness (QED) is 0.572. The fraction of sp³-hybridized carbons (Fsp3) is 0.560. The Morgan fingerprint density at radius 2 is 1.68 bits per heavy atom. The van der Waals surface area contributed by atoms with Crippen LogP contribution < -0.4 is 4.90 Å². The number of halogens is 4. The van der Waals surface area contributed by atoms with Crippen molar-refractivity contribution in [3.63, 3.8) is 0 Å². The molecule has 4 aliphatic rings. The van der Waals surface area contributed by atoms with Crippen molar-refractivity contribution in [1.82, 2.24) is 19.8 Å². The van der Waals surface area contributed by atoms with Crippen molar-refractivity contribution in [3.05, 3.63) is 53.6 Å². The number of likely N-dealkylation sites (tertiary alicyclic amines) is 1. The average molecular weight is 522 g/mol. The molecule has 2 unspecified atom stereocenters. The van der Waals surface area contributed by atoms with E-state index in [1.165, 1.54) is 12.1 Å². The summed E-state index contributed by atoms with van der Waals surface area (Å²) in [6.45, 7) is 3.98. The van der Waals surface area contributed by atoms with Gasteiger partial charge in [0.05, 0.1) is 30.9 Å². The van der Waals surface area contributed by atoms with Gasteiger partial charge in [0.15, 0.2) is 0 Å². The number of amides is 1. The second-order valence-corrected chi connectivity index (χ2v) is 10.6. The highest BCUT2D eigenvalue weighted by molar-refractivity contribution is 5.70. The van der Waals surface area contributed by atoms with E-state index in [4.69, 9.17) is 9.47 Å². The fourth-order valence-corrected chi connectivity index (χ4v) is 6.07. The number of nitrogens with zero attached hydrogens (tertiary/aromatic N) is 5. The minimum atomic E-state index is -4.49. The summed E-state index contributed by atoms with van der Waals surface area (Å²) < 4.78 is 63.1. The third-order valence-electron chi connectivity index (χ3n) is 7.76. The lowest BCUT2D eigenvalue weighted by atomic mass is 9.61. The van der Waals surface area contributed by atoms with Crippen LogP contribution >= 0.6 is 0 Å². The lowest BCUT2D eigenvalue weighted by Gasteiger charge is -2.59. The van der Waals surface area contributed by atoms with Gasteiger partial charge in [-0.1, -0.05) is 12.1 Å². The van der Waals surface area contributed by atoms with Crippen LogP contribution in [0.25, 0.3) is 0 Å². The Morgan fingerprint density at radius 1 is 1.05 bits per heavy atom. The monoisotopic (exact) mass is 521 g/mol. The van der Waals surface area contributed by atoms with Crippen molar-refractivity contribution < 1.29 is 31.8 Å². The van der Waals surface area contributed by atoms with E-state index in [9.17, 15) is 22.4 Å². The van der Waals surface area contributed by atoms with Gasteiger partial charge >= 0.3 is 12.3 Å². The number of piperazine rings is 1. The topological polar surface area (TPSA) is 71.0 Å². The molecule has 1 saturated carbocycles. The number of carbonyl (C=O) groups excluding carboxylic acids is 1. The number of fused-ring (bicyclic) bond motifs is 2. The van der Waals surface area contributed by atoms with Crippen LogP contribution in [0.2, 0.25) is 0 Å². The van der Waals surface area contributed by atoms with Gasteiger partial charge < -0.3 is 14.4 Å². The molecule has 3 aliphatic heterocycles. The van der Waals surface area contributed by atoms with Crippen LogP contribution in [0.4, 0.5) is 28.3 Å². The van der Waals surface area contributed by atoms with Crippen LogP contribution in [0.1, 0.15) is 24.0 Å². The Bertz CT molecular complexity index is 1120. The third kappa shape index (κ3) is 4.84. The van der Waals surface area contributed by atoms with Crippen LogP contribution in [0.15, 0.2) is 36.7 Å². The maximum Gasteiger partial charge on any atom is 0.419 e. The Hall–Kier alpha value is -2.99. The number of anilines is 1. The first kappa shape index (κ1) is 24.4. The molecule has 1 aromatic carbocycles. The van der Waals surface area contributed by atoms with E-state index in [0.717, 1.165) is 50.4 Å². The van der Waals surface area contributed by atoms with E-state index >= 15 is 0 Å². The van der Waals surface area contributed by atoms with E-state index in [-0.39, 0.29) is 41.5 Å². The van der Waals surface area contributed by atoms with E-state index in [1.54, 1.807) is 21.9 Å². The summed E-state index contributed by atoms with van der Waals surface area (Å²) in [4.78, 5) is 26.7. The highest BCUT2D eigenvalue weighted by Crippen LogP contribution is 2.50. The molecule has 6 rings (SSSR count). The Balaban J connectivity index is 1.00. The molecule has 1 amide bonds. The van der Waals surface area contributed by atoms with Crippen molar-refractivity contribution in [2.24, 2.45) is 5.41 Å². The zero-order chi connectivity index (χ0) is 25.8.